The average molecular weight is 367 g/mol. The van der Waals surface area contributed by atoms with Crippen molar-refractivity contribution in [1.29, 1.82) is 0 Å². The Labute approximate surface area is 116 Å². The second-order valence-corrected chi connectivity index (χ2v) is 4.42. The van der Waals surface area contributed by atoms with Crippen LogP contribution in [-0.4, -0.2) is 16.2 Å². The van der Waals surface area contributed by atoms with Crippen molar-refractivity contribution in [2.75, 3.05) is 0 Å². The third-order valence-electron chi connectivity index (χ3n) is 2.29. The van der Waals surface area contributed by atoms with E-state index in [1.807, 2.05) is 0 Å². The summed E-state index contributed by atoms with van der Waals surface area (Å²) in [5.41, 5.74) is -4.88. The second-order valence-electron chi connectivity index (χ2n) is 3.63. The van der Waals surface area contributed by atoms with Crippen LogP contribution in [-0.2, 0) is 17.1 Å². The maximum atomic E-state index is 12.7. The molecule has 0 radical (unpaired) electrons. The Morgan fingerprint density at radius 3 is 1.95 bits per heavy atom. The minimum absolute atomic E-state index is 0.0784. The molecule has 0 aliphatic heterocycles. The average Bonchev–Trinajstić information content (AvgIpc) is 2.24. The Kier molecular flexibility index (Phi) is 4.39. The molecule has 0 bridgehead atoms. The third-order valence-corrected chi connectivity index (χ3v) is 3.14. The van der Waals surface area contributed by atoms with Gasteiger partial charge in [-0.2, -0.15) is 26.3 Å². The molecule has 0 spiro atoms. The summed E-state index contributed by atoms with van der Waals surface area (Å²) in [5, 5.41) is 17.7. The molecule has 0 saturated heterocycles. The molecule has 0 aliphatic rings. The quantitative estimate of drug-likeness (QED) is 0.786. The van der Waals surface area contributed by atoms with Gasteiger partial charge in [-0.05, 0) is 22.0 Å². The summed E-state index contributed by atoms with van der Waals surface area (Å²) in [6, 6.07) is 0.552. The van der Waals surface area contributed by atoms with Gasteiger partial charge in [-0.3, -0.25) is 0 Å². The maximum absolute atomic E-state index is 12.7. The van der Waals surface area contributed by atoms with Gasteiger partial charge >= 0.3 is 18.3 Å². The van der Waals surface area contributed by atoms with Gasteiger partial charge in [0.2, 0.25) is 0 Å². The largest absolute Gasteiger partial charge is 0.479 e. The highest BCUT2D eigenvalue weighted by Crippen LogP contribution is 2.45. The topological polar surface area (TPSA) is 57.5 Å². The van der Waals surface area contributed by atoms with E-state index in [-0.39, 0.29) is 6.07 Å². The lowest BCUT2D eigenvalue weighted by Crippen LogP contribution is -2.20. The van der Waals surface area contributed by atoms with E-state index in [1.165, 1.54) is 0 Å². The van der Waals surface area contributed by atoms with Crippen LogP contribution in [0.25, 0.3) is 0 Å². The van der Waals surface area contributed by atoms with E-state index in [0.29, 0.717) is 6.07 Å². The van der Waals surface area contributed by atoms with Crippen LogP contribution in [0.1, 0.15) is 22.8 Å². The van der Waals surface area contributed by atoms with E-state index in [2.05, 4.69) is 15.9 Å². The predicted molar refractivity (Wildman–Crippen MR) is 56.7 cm³/mol. The molecule has 10 heteroatoms. The lowest BCUT2D eigenvalue weighted by Gasteiger charge is -2.20. The monoisotopic (exact) mass is 366 g/mol. The molecule has 3 nitrogen and oxygen atoms in total. The Hall–Kier alpha value is -1.29. The molecule has 1 rings (SSSR count). The van der Waals surface area contributed by atoms with Crippen molar-refractivity contribution >= 4 is 21.9 Å². The van der Waals surface area contributed by atoms with Crippen molar-refractivity contribution in [2.45, 2.75) is 18.5 Å². The first-order valence-corrected chi connectivity index (χ1v) is 5.54. The van der Waals surface area contributed by atoms with Crippen LogP contribution in [0, 0.1) is 0 Å². The van der Waals surface area contributed by atoms with Gasteiger partial charge in [0.05, 0.1) is 11.1 Å². The molecule has 1 aromatic rings. The van der Waals surface area contributed by atoms with Crippen molar-refractivity contribution in [3.05, 3.63) is 33.3 Å². The SMILES string of the molecule is O=C(O)C(O)c1ccc(C(F)(F)F)c(C(F)(F)F)c1Br. The highest BCUT2D eigenvalue weighted by Gasteiger charge is 2.45. The number of aliphatic hydroxyl groups excluding tert-OH is 1. The molecule has 0 fully saturated rings. The zero-order valence-electron chi connectivity index (χ0n) is 9.18. The van der Waals surface area contributed by atoms with Gasteiger partial charge in [0, 0.05) is 10.0 Å². The van der Waals surface area contributed by atoms with Crippen molar-refractivity contribution in [2.24, 2.45) is 0 Å². The first kappa shape index (κ1) is 16.8. The highest BCUT2D eigenvalue weighted by atomic mass is 79.9. The third kappa shape index (κ3) is 3.23. The number of aliphatic carboxylic acids is 1. The van der Waals surface area contributed by atoms with Gasteiger partial charge in [-0.25, -0.2) is 4.79 Å². The van der Waals surface area contributed by atoms with E-state index in [1.54, 1.807) is 0 Å². The van der Waals surface area contributed by atoms with Crippen LogP contribution >= 0.6 is 15.9 Å². The predicted octanol–water partition coefficient (Wildman–Crippen LogP) is 3.60. The molecule has 0 aliphatic carbocycles. The Morgan fingerprint density at radius 2 is 1.60 bits per heavy atom. The van der Waals surface area contributed by atoms with E-state index in [4.69, 9.17) is 5.11 Å². The fourth-order valence-corrected chi connectivity index (χ4v) is 2.24. The molecule has 0 amide bonds. The molecule has 0 heterocycles. The fraction of sp³-hybridized carbons (Fsp3) is 0.300. The van der Waals surface area contributed by atoms with E-state index < -0.39 is 45.6 Å². The minimum Gasteiger partial charge on any atom is -0.479 e. The summed E-state index contributed by atoms with van der Waals surface area (Å²) in [6.45, 7) is 0. The molecule has 2 N–H and O–H groups in total. The van der Waals surface area contributed by atoms with Crippen LogP contribution in [0.3, 0.4) is 0 Å². The van der Waals surface area contributed by atoms with Crippen LogP contribution in [0.2, 0.25) is 0 Å². The summed E-state index contributed by atoms with van der Waals surface area (Å²) in [5.74, 6) is -1.89. The molecule has 112 valence electrons. The molecule has 1 atom stereocenters. The first-order valence-electron chi connectivity index (χ1n) is 4.75. The van der Waals surface area contributed by atoms with Crippen molar-refractivity contribution in [1.82, 2.24) is 0 Å². The van der Waals surface area contributed by atoms with Crippen molar-refractivity contribution < 1.29 is 41.4 Å². The van der Waals surface area contributed by atoms with Crippen LogP contribution in [0.5, 0.6) is 0 Å². The van der Waals surface area contributed by atoms with Crippen LogP contribution < -0.4 is 0 Å². The molecule has 0 saturated carbocycles. The lowest BCUT2D eigenvalue weighted by atomic mass is 10.00. The second kappa shape index (κ2) is 5.24. The molecule has 20 heavy (non-hydrogen) atoms. The molecule has 1 unspecified atom stereocenters. The Morgan fingerprint density at radius 1 is 1.10 bits per heavy atom. The number of hydrogen-bond donors (Lipinski definition) is 2. The number of aliphatic hydroxyl groups is 1. The maximum Gasteiger partial charge on any atom is 0.418 e. The van der Waals surface area contributed by atoms with Gasteiger partial charge in [0.15, 0.2) is 6.10 Å². The lowest BCUT2D eigenvalue weighted by molar-refractivity contribution is -0.162. The van der Waals surface area contributed by atoms with Gasteiger partial charge < -0.3 is 10.2 Å². The smallest absolute Gasteiger partial charge is 0.418 e. The summed E-state index contributed by atoms with van der Waals surface area (Å²) in [7, 11) is 0. The molecule has 0 aromatic heterocycles. The zero-order chi connectivity index (χ0) is 15.9. The van der Waals surface area contributed by atoms with Crippen molar-refractivity contribution in [3.8, 4) is 0 Å². The Balaban J connectivity index is 3.65. The number of alkyl halides is 6. The number of halogens is 7. The van der Waals surface area contributed by atoms with Crippen LogP contribution in [0.15, 0.2) is 16.6 Å². The summed E-state index contributed by atoms with van der Waals surface area (Å²) < 4.78 is 74.7. The van der Waals surface area contributed by atoms with Crippen molar-refractivity contribution in [3.63, 3.8) is 0 Å². The number of rotatable bonds is 2. The van der Waals surface area contributed by atoms with E-state index in [9.17, 15) is 36.2 Å². The van der Waals surface area contributed by atoms with Gasteiger partial charge in [0.1, 0.15) is 0 Å². The molecular weight excluding hydrogens is 362 g/mol. The summed E-state index contributed by atoms with van der Waals surface area (Å²) in [4.78, 5) is 10.5. The normalized spacial score (nSPS) is 14.2. The number of hydrogen-bond acceptors (Lipinski definition) is 2. The summed E-state index contributed by atoms with van der Waals surface area (Å²) >= 11 is 2.29. The van der Waals surface area contributed by atoms with E-state index >= 15 is 0 Å². The number of carboxylic acid groups (broad SMARTS) is 1. The standard InChI is InChI=1S/C10H5BrF6O3/c11-6-3(7(18)8(19)20)1-2-4(9(12,13)14)5(6)10(15,16)17/h1-2,7,18H,(H,19,20). The highest BCUT2D eigenvalue weighted by molar-refractivity contribution is 9.10. The van der Waals surface area contributed by atoms with Gasteiger partial charge in [-0.15, -0.1) is 0 Å². The fourth-order valence-electron chi connectivity index (χ4n) is 1.45. The van der Waals surface area contributed by atoms with E-state index in [0.717, 1.165) is 0 Å². The summed E-state index contributed by atoms with van der Waals surface area (Å²) in [6.07, 6.45) is -13.0. The Bertz CT molecular complexity index is 537. The molecular formula is C10H5BrF6O3. The van der Waals surface area contributed by atoms with Gasteiger partial charge in [0.25, 0.3) is 0 Å². The number of carboxylic acids is 1. The van der Waals surface area contributed by atoms with Crippen LogP contribution in [0.4, 0.5) is 26.3 Å². The number of carbonyl (C=O) groups is 1. The number of benzene rings is 1. The zero-order valence-corrected chi connectivity index (χ0v) is 10.8. The van der Waals surface area contributed by atoms with Gasteiger partial charge in [-0.1, -0.05) is 6.07 Å². The first-order chi connectivity index (χ1) is 8.87. The minimum atomic E-state index is -5.38. The molecule has 1 aromatic carbocycles.